The van der Waals surface area contributed by atoms with E-state index >= 15 is 0 Å². The molecule has 0 saturated heterocycles. The van der Waals surface area contributed by atoms with Gasteiger partial charge in [-0.25, -0.2) is 0 Å². The minimum atomic E-state index is -0.167. The van der Waals surface area contributed by atoms with Gasteiger partial charge in [0.25, 0.3) is 0 Å². The van der Waals surface area contributed by atoms with E-state index in [1.807, 2.05) is 12.2 Å². The molecular formula is C45H41P. The first-order chi connectivity index (χ1) is 22.2. The van der Waals surface area contributed by atoms with E-state index in [2.05, 4.69) is 163 Å². The Morgan fingerprint density at radius 1 is 0.630 bits per heavy atom. The summed E-state index contributed by atoms with van der Waals surface area (Å²) in [6, 6.07) is 35.8. The molecule has 0 nitrogen and oxygen atoms in total. The quantitative estimate of drug-likeness (QED) is 0.157. The highest BCUT2D eigenvalue weighted by Gasteiger charge is 2.20. The molecule has 0 radical (unpaired) electrons. The Bertz CT molecular complexity index is 2310. The molecule has 0 fully saturated rings. The van der Waals surface area contributed by atoms with E-state index in [0.29, 0.717) is 0 Å². The third kappa shape index (κ3) is 5.71. The molecule has 46 heavy (non-hydrogen) atoms. The molecule has 0 aliphatic heterocycles. The molecule has 6 aromatic carbocycles. The fourth-order valence-corrected chi connectivity index (χ4v) is 7.31. The second-order valence-electron chi connectivity index (χ2n) is 12.3. The first-order valence-corrected chi connectivity index (χ1v) is 18.1. The molecule has 0 heterocycles. The van der Waals surface area contributed by atoms with E-state index in [-0.39, 0.29) is 7.92 Å². The van der Waals surface area contributed by atoms with Gasteiger partial charge in [0.2, 0.25) is 0 Å². The van der Waals surface area contributed by atoms with Crippen molar-refractivity contribution in [2.45, 2.75) is 20.8 Å². The Balaban J connectivity index is 1.69. The zero-order valence-corrected chi connectivity index (χ0v) is 28.5. The average molecular weight is 613 g/mol. The molecule has 1 heteroatoms. The van der Waals surface area contributed by atoms with Gasteiger partial charge in [0.1, 0.15) is 0 Å². The maximum absolute atomic E-state index is 4.68. The summed E-state index contributed by atoms with van der Waals surface area (Å²) in [7, 11) is -0.167. The number of aryl methyl sites for hydroxylation is 2. The zero-order chi connectivity index (χ0) is 32.5. The lowest BCUT2D eigenvalue weighted by atomic mass is 9.82. The molecule has 0 N–H and O–H groups in total. The number of hydrogen-bond acceptors (Lipinski definition) is 0. The van der Waals surface area contributed by atoms with Crippen molar-refractivity contribution in [2.75, 3.05) is 13.3 Å². The lowest BCUT2D eigenvalue weighted by Crippen LogP contribution is -2.23. The third-order valence-corrected chi connectivity index (χ3v) is 10.5. The highest BCUT2D eigenvalue weighted by molar-refractivity contribution is 7.64. The molecule has 0 spiro atoms. The lowest BCUT2D eigenvalue weighted by Gasteiger charge is -2.21. The maximum Gasteiger partial charge on any atom is -0.00265 e. The topological polar surface area (TPSA) is 0 Å². The van der Waals surface area contributed by atoms with Crippen molar-refractivity contribution in [1.29, 1.82) is 0 Å². The van der Waals surface area contributed by atoms with Crippen LogP contribution in [0.25, 0.3) is 73.7 Å². The molecule has 0 aliphatic rings. The Kier molecular flexibility index (Phi) is 8.77. The summed E-state index contributed by atoms with van der Waals surface area (Å²) in [6.45, 7) is 24.4. The Labute approximate surface area is 275 Å². The van der Waals surface area contributed by atoms with E-state index in [9.17, 15) is 0 Å². The van der Waals surface area contributed by atoms with Crippen molar-refractivity contribution >= 4 is 64.6 Å². The number of hydrogen-bond donors (Lipinski definition) is 0. The molecule has 0 atom stereocenters. The van der Waals surface area contributed by atoms with Gasteiger partial charge in [-0.1, -0.05) is 125 Å². The maximum atomic E-state index is 4.68. The summed E-state index contributed by atoms with van der Waals surface area (Å²) < 4.78 is 0. The minimum absolute atomic E-state index is 0.167. The van der Waals surface area contributed by atoms with Gasteiger partial charge in [0.15, 0.2) is 0 Å². The van der Waals surface area contributed by atoms with Gasteiger partial charge in [-0.05, 0) is 151 Å². The average Bonchev–Trinajstić information content (AvgIpc) is 3.07. The zero-order valence-electron chi connectivity index (χ0n) is 27.6. The molecule has 0 saturated carbocycles. The predicted octanol–water partition coefficient (Wildman–Crippen LogP) is 10.9. The molecule has 0 aromatic heterocycles. The van der Waals surface area contributed by atoms with Crippen molar-refractivity contribution in [3.63, 3.8) is 0 Å². The lowest BCUT2D eigenvalue weighted by molar-refractivity contribution is 1.34. The van der Waals surface area contributed by atoms with Crippen LogP contribution in [0.4, 0.5) is 0 Å². The van der Waals surface area contributed by atoms with Crippen molar-refractivity contribution in [1.82, 2.24) is 0 Å². The Morgan fingerprint density at radius 2 is 1.30 bits per heavy atom. The van der Waals surface area contributed by atoms with Crippen molar-refractivity contribution in [3.8, 4) is 22.3 Å². The summed E-state index contributed by atoms with van der Waals surface area (Å²) in [4.78, 5) is 0. The summed E-state index contributed by atoms with van der Waals surface area (Å²) in [5, 5.41) is 8.63. The molecule has 0 amide bonds. The summed E-state index contributed by atoms with van der Waals surface area (Å²) in [5.74, 6) is 0. The Morgan fingerprint density at radius 3 is 2.00 bits per heavy atom. The normalized spacial score (nSPS) is 12.3. The van der Waals surface area contributed by atoms with Crippen LogP contribution in [0.3, 0.4) is 0 Å². The Hall–Kier alpha value is -4.77. The van der Waals surface area contributed by atoms with Crippen molar-refractivity contribution in [2.24, 2.45) is 0 Å². The van der Waals surface area contributed by atoms with E-state index in [4.69, 9.17) is 0 Å². The number of benzene rings is 6. The minimum Gasteiger partial charge on any atom is -0.0984 e. The summed E-state index contributed by atoms with van der Waals surface area (Å²) in [6.07, 6.45) is 8.31. The fraction of sp³-hybridized carbons (Fsp3) is 0.111. The van der Waals surface area contributed by atoms with Crippen LogP contribution in [0.15, 0.2) is 117 Å². The van der Waals surface area contributed by atoms with Crippen LogP contribution in [0.1, 0.15) is 34.7 Å². The molecule has 0 unspecified atom stereocenters. The van der Waals surface area contributed by atoms with E-state index < -0.39 is 0 Å². The molecule has 6 aromatic rings. The standard InChI is InChI=1S/C45H41P/c1-9-32-14-12-13-15-34(32)25-31(6)44-40(10-2)41(11-3)45(37-17-16-29(4)30(5)24-37)42-23-21-36(28-43(42)44)35-19-18-33-20-22-39(46(7)8)27-38(33)26-35/h9-28H,2-3,6H2,1,4-5,7-8H3/b32-9-,34-25-. The number of allylic oxidation sites excluding steroid dienone is 1. The highest BCUT2D eigenvalue weighted by atomic mass is 31.1. The van der Waals surface area contributed by atoms with Gasteiger partial charge in [-0.3, -0.25) is 0 Å². The van der Waals surface area contributed by atoms with Crippen LogP contribution in [0.5, 0.6) is 0 Å². The van der Waals surface area contributed by atoms with Crippen LogP contribution in [0, 0.1) is 13.8 Å². The second kappa shape index (κ2) is 12.9. The van der Waals surface area contributed by atoms with Crippen LogP contribution < -0.4 is 15.7 Å². The summed E-state index contributed by atoms with van der Waals surface area (Å²) >= 11 is 0. The molecule has 6 rings (SSSR count). The SMILES string of the molecule is C=Cc1c(C=C)c(-c2ccc(C)c(C)c2)c2ccc(-c3ccc4ccc(P(C)C)cc4c3)cc2c1C(=C)/C=c1/cccc/c1=C/C. The predicted molar refractivity (Wildman–Crippen MR) is 210 cm³/mol. The second-order valence-corrected chi connectivity index (χ2v) is 14.6. The highest BCUT2D eigenvalue weighted by Crippen LogP contribution is 2.43. The van der Waals surface area contributed by atoms with Crippen LogP contribution in [0.2, 0.25) is 0 Å². The largest absolute Gasteiger partial charge is 0.0984 e. The van der Waals surface area contributed by atoms with Crippen LogP contribution in [-0.2, 0) is 0 Å². The monoisotopic (exact) mass is 612 g/mol. The number of rotatable bonds is 7. The number of fused-ring (bicyclic) bond motifs is 2. The molecular weight excluding hydrogens is 571 g/mol. The van der Waals surface area contributed by atoms with Gasteiger partial charge in [0, 0.05) is 0 Å². The van der Waals surface area contributed by atoms with Crippen molar-refractivity contribution < 1.29 is 0 Å². The van der Waals surface area contributed by atoms with Gasteiger partial charge >= 0.3 is 0 Å². The fourth-order valence-electron chi connectivity index (χ4n) is 6.54. The van der Waals surface area contributed by atoms with E-state index in [0.717, 1.165) is 32.9 Å². The van der Waals surface area contributed by atoms with Gasteiger partial charge in [-0.2, -0.15) is 0 Å². The van der Waals surface area contributed by atoms with Gasteiger partial charge in [0.05, 0.1) is 0 Å². The molecule has 0 bridgehead atoms. The van der Waals surface area contributed by atoms with Gasteiger partial charge < -0.3 is 0 Å². The smallest absolute Gasteiger partial charge is 0.00265 e. The first-order valence-electron chi connectivity index (χ1n) is 15.8. The third-order valence-electron chi connectivity index (χ3n) is 9.22. The van der Waals surface area contributed by atoms with Crippen LogP contribution in [-0.4, -0.2) is 13.3 Å². The molecule has 226 valence electrons. The molecule has 0 aliphatic carbocycles. The first kappa shape index (κ1) is 31.2. The van der Waals surface area contributed by atoms with Crippen molar-refractivity contribution in [3.05, 3.63) is 155 Å². The van der Waals surface area contributed by atoms with E-state index in [1.54, 1.807) is 0 Å². The van der Waals surface area contributed by atoms with Crippen LogP contribution >= 0.6 is 7.92 Å². The van der Waals surface area contributed by atoms with E-state index in [1.165, 1.54) is 60.1 Å². The summed E-state index contributed by atoms with van der Waals surface area (Å²) in [5.41, 5.74) is 11.5. The van der Waals surface area contributed by atoms with Gasteiger partial charge in [-0.15, -0.1) is 0 Å².